The van der Waals surface area contributed by atoms with Crippen LogP contribution in [0.4, 0.5) is 0 Å². The highest BCUT2D eigenvalue weighted by Gasteiger charge is 2.27. The van der Waals surface area contributed by atoms with Crippen molar-refractivity contribution >= 4 is 0 Å². The zero-order chi connectivity index (χ0) is 20.0. The maximum atomic E-state index is 9.75. The molecule has 1 saturated carbocycles. The van der Waals surface area contributed by atoms with Gasteiger partial charge in [-0.25, -0.2) is 0 Å². The minimum atomic E-state index is 0.164. The second kappa shape index (κ2) is 13.6. The summed E-state index contributed by atoms with van der Waals surface area (Å²) in [5, 5.41) is 9.75. The zero-order valence-corrected chi connectivity index (χ0v) is 18.3. The molecule has 1 aliphatic rings. The first-order valence-electron chi connectivity index (χ1n) is 11.9. The molecule has 0 aromatic heterocycles. The number of hydrogen-bond donors (Lipinski definition) is 0. The molecule has 1 aromatic rings. The van der Waals surface area contributed by atoms with Crippen molar-refractivity contribution in [2.45, 2.75) is 97.3 Å². The van der Waals surface area contributed by atoms with E-state index in [0.717, 1.165) is 31.1 Å². The number of rotatable bonds is 13. The number of benzene rings is 1. The van der Waals surface area contributed by atoms with Crippen LogP contribution in [0.3, 0.4) is 0 Å². The lowest BCUT2D eigenvalue weighted by Gasteiger charge is -2.31. The van der Waals surface area contributed by atoms with Crippen LogP contribution in [0.25, 0.3) is 0 Å². The lowest BCUT2D eigenvalue weighted by atomic mass is 9.73. The largest absolute Gasteiger partial charge is 0.494 e. The average molecular weight is 384 g/mol. The molecule has 2 nitrogen and oxygen atoms in total. The molecule has 0 heterocycles. The van der Waals surface area contributed by atoms with Crippen LogP contribution < -0.4 is 4.74 Å². The fourth-order valence-corrected chi connectivity index (χ4v) is 4.57. The highest BCUT2D eigenvalue weighted by atomic mass is 16.5. The molecular weight excluding hydrogens is 342 g/mol. The highest BCUT2D eigenvalue weighted by molar-refractivity contribution is 5.28. The molecule has 1 fully saturated rings. The minimum absolute atomic E-state index is 0.164. The predicted octanol–water partition coefficient (Wildman–Crippen LogP) is 7.71. The van der Waals surface area contributed by atoms with Crippen LogP contribution in [-0.2, 0) is 6.42 Å². The highest BCUT2D eigenvalue weighted by Crippen LogP contribution is 2.37. The molecule has 1 aliphatic carbocycles. The Bertz CT molecular complexity index is 551. The third kappa shape index (κ3) is 8.26. The quantitative estimate of drug-likeness (QED) is 0.327. The van der Waals surface area contributed by atoms with E-state index in [0.29, 0.717) is 5.92 Å². The van der Waals surface area contributed by atoms with Gasteiger partial charge in [0.05, 0.1) is 18.6 Å². The molecule has 0 aliphatic heterocycles. The Morgan fingerprint density at radius 1 is 0.929 bits per heavy atom. The molecule has 2 rings (SSSR count). The van der Waals surface area contributed by atoms with E-state index in [-0.39, 0.29) is 5.92 Å². The summed E-state index contributed by atoms with van der Waals surface area (Å²) in [5.41, 5.74) is 1.27. The molecule has 1 atom stereocenters. The van der Waals surface area contributed by atoms with Crippen LogP contribution in [-0.4, -0.2) is 6.61 Å². The summed E-state index contributed by atoms with van der Waals surface area (Å²) in [6.07, 6.45) is 16.4. The van der Waals surface area contributed by atoms with Crippen LogP contribution in [0.1, 0.15) is 96.5 Å². The van der Waals surface area contributed by atoms with E-state index in [1.54, 1.807) is 0 Å². The first-order chi connectivity index (χ1) is 13.8. The summed E-state index contributed by atoms with van der Waals surface area (Å²) in [5.74, 6) is 2.62. The van der Waals surface area contributed by atoms with E-state index in [1.807, 2.05) is 0 Å². The summed E-state index contributed by atoms with van der Waals surface area (Å²) in [6, 6.07) is 11.1. The first-order valence-corrected chi connectivity index (χ1v) is 11.9. The Morgan fingerprint density at radius 2 is 1.61 bits per heavy atom. The summed E-state index contributed by atoms with van der Waals surface area (Å²) >= 11 is 0. The van der Waals surface area contributed by atoms with Crippen molar-refractivity contribution in [1.82, 2.24) is 0 Å². The van der Waals surface area contributed by atoms with Gasteiger partial charge in [-0.1, -0.05) is 83.8 Å². The SMILES string of the molecule is CCCCCCOc1ccc(CC(C#N)C2CCC(CCCCC)CC2)cc1. The van der Waals surface area contributed by atoms with E-state index in [4.69, 9.17) is 4.74 Å². The van der Waals surface area contributed by atoms with E-state index in [2.05, 4.69) is 44.2 Å². The topological polar surface area (TPSA) is 33.0 Å². The number of nitriles is 1. The van der Waals surface area contributed by atoms with Gasteiger partial charge in [0.25, 0.3) is 0 Å². The Morgan fingerprint density at radius 3 is 2.25 bits per heavy atom. The Balaban J connectivity index is 1.73. The van der Waals surface area contributed by atoms with Crippen molar-refractivity contribution in [1.29, 1.82) is 5.26 Å². The van der Waals surface area contributed by atoms with Gasteiger partial charge < -0.3 is 4.74 Å². The van der Waals surface area contributed by atoms with Crippen molar-refractivity contribution in [3.05, 3.63) is 29.8 Å². The number of unbranched alkanes of at least 4 members (excludes halogenated alkanes) is 5. The summed E-state index contributed by atoms with van der Waals surface area (Å²) < 4.78 is 5.84. The molecule has 0 bridgehead atoms. The van der Waals surface area contributed by atoms with Gasteiger partial charge in [-0.2, -0.15) is 5.26 Å². The zero-order valence-electron chi connectivity index (χ0n) is 18.3. The standard InChI is InChI=1S/C26H41NO/c1-3-5-7-9-19-28-26-17-13-23(14-18-26)20-25(21-27)24-15-11-22(12-16-24)10-8-6-4-2/h13-14,17-18,22,24-25H,3-12,15-16,19-20H2,1-2H3. The monoisotopic (exact) mass is 383 g/mol. The molecule has 0 spiro atoms. The van der Waals surface area contributed by atoms with Crippen LogP contribution in [0.2, 0.25) is 0 Å². The number of nitrogens with zero attached hydrogens (tertiary/aromatic N) is 1. The van der Waals surface area contributed by atoms with Crippen molar-refractivity contribution in [2.24, 2.45) is 17.8 Å². The second-order valence-corrected chi connectivity index (χ2v) is 8.77. The molecule has 0 saturated heterocycles. The normalized spacial score (nSPS) is 20.5. The van der Waals surface area contributed by atoms with Crippen LogP contribution in [0.5, 0.6) is 5.75 Å². The third-order valence-electron chi connectivity index (χ3n) is 6.49. The van der Waals surface area contributed by atoms with E-state index >= 15 is 0 Å². The van der Waals surface area contributed by atoms with Gasteiger partial charge in [-0.3, -0.25) is 0 Å². The number of hydrogen-bond acceptors (Lipinski definition) is 2. The van der Waals surface area contributed by atoms with Gasteiger partial charge in [0.1, 0.15) is 5.75 Å². The lowest BCUT2D eigenvalue weighted by molar-refractivity contribution is 0.221. The van der Waals surface area contributed by atoms with Crippen molar-refractivity contribution in [3.63, 3.8) is 0 Å². The minimum Gasteiger partial charge on any atom is -0.494 e. The molecule has 0 N–H and O–H groups in total. The summed E-state index contributed by atoms with van der Waals surface area (Å²) in [7, 11) is 0. The predicted molar refractivity (Wildman–Crippen MR) is 118 cm³/mol. The average Bonchev–Trinajstić information content (AvgIpc) is 2.74. The van der Waals surface area contributed by atoms with Gasteiger partial charge in [0.15, 0.2) is 0 Å². The van der Waals surface area contributed by atoms with Crippen LogP contribution >= 0.6 is 0 Å². The van der Waals surface area contributed by atoms with E-state index in [9.17, 15) is 5.26 Å². The maximum Gasteiger partial charge on any atom is 0.119 e. The molecule has 0 radical (unpaired) electrons. The first kappa shape index (κ1) is 22.8. The molecule has 28 heavy (non-hydrogen) atoms. The van der Waals surface area contributed by atoms with Gasteiger partial charge in [0, 0.05) is 0 Å². The summed E-state index contributed by atoms with van der Waals surface area (Å²) in [6.45, 7) is 5.32. The lowest BCUT2D eigenvalue weighted by Crippen LogP contribution is -2.22. The van der Waals surface area contributed by atoms with Crippen molar-refractivity contribution in [2.75, 3.05) is 6.61 Å². The van der Waals surface area contributed by atoms with Gasteiger partial charge in [0.2, 0.25) is 0 Å². The molecule has 156 valence electrons. The molecule has 1 unspecified atom stereocenters. The molecule has 0 amide bonds. The van der Waals surface area contributed by atoms with Gasteiger partial charge in [-0.15, -0.1) is 0 Å². The van der Waals surface area contributed by atoms with E-state index < -0.39 is 0 Å². The molecule has 2 heteroatoms. The van der Waals surface area contributed by atoms with Crippen LogP contribution in [0.15, 0.2) is 24.3 Å². The Kier molecular flexibility index (Phi) is 11.1. The van der Waals surface area contributed by atoms with Gasteiger partial charge >= 0.3 is 0 Å². The molecule has 1 aromatic carbocycles. The van der Waals surface area contributed by atoms with Crippen molar-refractivity contribution in [3.8, 4) is 11.8 Å². The van der Waals surface area contributed by atoms with Crippen LogP contribution in [0, 0.1) is 29.1 Å². The smallest absolute Gasteiger partial charge is 0.119 e. The Labute approximate surface area is 173 Å². The molecular formula is C26H41NO. The second-order valence-electron chi connectivity index (χ2n) is 8.77. The van der Waals surface area contributed by atoms with Gasteiger partial charge in [-0.05, 0) is 55.2 Å². The Hall–Kier alpha value is -1.49. The third-order valence-corrected chi connectivity index (χ3v) is 6.49. The fourth-order valence-electron chi connectivity index (χ4n) is 4.57. The van der Waals surface area contributed by atoms with E-state index in [1.165, 1.54) is 76.2 Å². The number of ether oxygens (including phenoxy) is 1. The summed E-state index contributed by atoms with van der Waals surface area (Å²) in [4.78, 5) is 0. The fraction of sp³-hybridized carbons (Fsp3) is 0.731. The van der Waals surface area contributed by atoms with Crippen molar-refractivity contribution < 1.29 is 4.74 Å². The maximum absolute atomic E-state index is 9.75.